The highest BCUT2D eigenvalue weighted by Crippen LogP contribution is 2.25. The van der Waals surface area contributed by atoms with E-state index in [9.17, 15) is 4.39 Å². The molecule has 4 N–H and O–H groups in total. The molecule has 0 aliphatic heterocycles. The number of hydrogen-bond acceptors (Lipinski definition) is 2. The Bertz CT molecular complexity index is 220. The van der Waals surface area contributed by atoms with Crippen LogP contribution in [0, 0.1) is 5.92 Å². The Morgan fingerprint density at radius 3 is 2.92 bits per heavy atom. The Labute approximate surface area is 76.9 Å². The van der Waals surface area contributed by atoms with Crippen molar-refractivity contribution in [2.45, 2.75) is 25.7 Å². The maximum atomic E-state index is 12.1. The normalized spacial score (nSPS) is 25.0. The van der Waals surface area contributed by atoms with Gasteiger partial charge in [-0.05, 0) is 25.7 Å². The van der Waals surface area contributed by atoms with Crippen molar-refractivity contribution in [2.24, 2.45) is 27.6 Å². The van der Waals surface area contributed by atoms with Gasteiger partial charge in [-0.15, -0.1) is 5.10 Å². The lowest BCUT2D eigenvalue weighted by Crippen LogP contribution is -2.22. The van der Waals surface area contributed by atoms with E-state index in [4.69, 9.17) is 11.5 Å². The van der Waals surface area contributed by atoms with E-state index in [-0.39, 0.29) is 18.6 Å². The number of nitrogens with two attached hydrogens (primary N) is 2. The summed E-state index contributed by atoms with van der Waals surface area (Å²) in [5.74, 6) is 0.200. The second-order valence-corrected chi connectivity index (χ2v) is 3.18. The highest BCUT2D eigenvalue weighted by molar-refractivity contribution is 5.89. The van der Waals surface area contributed by atoms with E-state index in [2.05, 4.69) is 10.2 Å². The molecule has 0 radical (unpaired) electrons. The monoisotopic (exact) mass is 186 g/mol. The van der Waals surface area contributed by atoms with E-state index in [1.807, 2.05) is 0 Å². The molecule has 0 spiro atoms. The van der Waals surface area contributed by atoms with Crippen LogP contribution < -0.4 is 11.5 Å². The maximum absolute atomic E-state index is 12.1. The third-order valence-corrected chi connectivity index (χ3v) is 2.21. The Kier molecular flexibility index (Phi) is 3.67. The second kappa shape index (κ2) is 4.79. The molecule has 4 nitrogen and oxygen atoms in total. The van der Waals surface area contributed by atoms with Crippen molar-refractivity contribution in [1.82, 2.24) is 0 Å². The second-order valence-electron chi connectivity index (χ2n) is 3.18. The van der Waals surface area contributed by atoms with Crippen LogP contribution in [0.25, 0.3) is 0 Å². The fraction of sp³-hybridized carbons (Fsp3) is 0.750. The molecule has 0 heterocycles. The summed E-state index contributed by atoms with van der Waals surface area (Å²) in [7, 11) is 0. The molecule has 5 heteroatoms. The summed E-state index contributed by atoms with van der Waals surface area (Å²) < 4.78 is 12.1. The van der Waals surface area contributed by atoms with E-state index < -0.39 is 0 Å². The van der Waals surface area contributed by atoms with Crippen molar-refractivity contribution >= 4 is 11.7 Å². The fourth-order valence-electron chi connectivity index (χ4n) is 1.60. The highest BCUT2D eigenvalue weighted by Gasteiger charge is 2.22. The first-order chi connectivity index (χ1) is 6.24. The molecule has 1 saturated carbocycles. The standard InChI is InChI=1S/C8H15FN4/c9-5-4-6-2-1-3-7(6)12-13-8(10)11/h6H,1-5H2,(H4,10,11,13)/b12-7-. The molecule has 13 heavy (non-hydrogen) atoms. The molecule has 1 aliphatic rings. The van der Waals surface area contributed by atoms with E-state index >= 15 is 0 Å². The van der Waals surface area contributed by atoms with E-state index in [0.29, 0.717) is 6.42 Å². The molecule has 74 valence electrons. The summed E-state index contributed by atoms with van der Waals surface area (Å²) >= 11 is 0. The SMILES string of the molecule is NC(N)=N/N=C1/CCCC1CCF. The Balaban J connectivity index is 2.57. The summed E-state index contributed by atoms with van der Waals surface area (Å²) in [5.41, 5.74) is 11.2. The molecule has 0 saturated heterocycles. The van der Waals surface area contributed by atoms with Crippen molar-refractivity contribution in [3.05, 3.63) is 0 Å². The first-order valence-corrected chi connectivity index (χ1v) is 4.45. The summed E-state index contributed by atoms with van der Waals surface area (Å²) in [6.07, 6.45) is 3.49. The minimum Gasteiger partial charge on any atom is -0.369 e. The number of alkyl halides is 1. The zero-order valence-electron chi connectivity index (χ0n) is 7.54. The van der Waals surface area contributed by atoms with Gasteiger partial charge in [0.1, 0.15) is 0 Å². The van der Waals surface area contributed by atoms with Crippen LogP contribution in [-0.2, 0) is 0 Å². The molecular formula is C8H15FN4. The van der Waals surface area contributed by atoms with Crippen LogP contribution in [0.5, 0.6) is 0 Å². The van der Waals surface area contributed by atoms with E-state index in [0.717, 1.165) is 25.0 Å². The minimum atomic E-state index is -0.300. The third kappa shape index (κ3) is 3.01. The van der Waals surface area contributed by atoms with Crippen molar-refractivity contribution in [1.29, 1.82) is 0 Å². The average molecular weight is 186 g/mol. The number of guanidine groups is 1. The smallest absolute Gasteiger partial charge is 0.211 e. The van der Waals surface area contributed by atoms with Gasteiger partial charge in [-0.1, -0.05) is 0 Å². The number of halogens is 1. The van der Waals surface area contributed by atoms with Crippen molar-refractivity contribution < 1.29 is 4.39 Å². The molecule has 1 unspecified atom stereocenters. The van der Waals surface area contributed by atoms with Crippen LogP contribution in [0.4, 0.5) is 4.39 Å². The van der Waals surface area contributed by atoms with Gasteiger partial charge in [0.15, 0.2) is 0 Å². The molecule has 1 rings (SSSR count). The molecule has 0 bridgehead atoms. The minimum absolute atomic E-state index is 0.0431. The van der Waals surface area contributed by atoms with Gasteiger partial charge in [0, 0.05) is 11.6 Å². The lowest BCUT2D eigenvalue weighted by Gasteiger charge is -2.05. The number of rotatable bonds is 3. The summed E-state index contributed by atoms with van der Waals surface area (Å²) in [6, 6.07) is 0. The van der Waals surface area contributed by atoms with Gasteiger partial charge in [-0.3, -0.25) is 4.39 Å². The zero-order chi connectivity index (χ0) is 9.68. The van der Waals surface area contributed by atoms with Gasteiger partial charge in [-0.25, -0.2) is 0 Å². The Hall–Kier alpha value is -1.13. The Morgan fingerprint density at radius 1 is 1.54 bits per heavy atom. The molecule has 0 aromatic rings. The first kappa shape index (κ1) is 9.95. The van der Waals surface area contributed by atoms with Crippen molar-refractivity contribution in [3.63, 3.8) is 0 Å². The summed E-state index contributed by atoms with van der Waals surface area (Å²) in [4.78, 5) is 0. The van der Waals surface area contributed by atoms with Crippen LogP contribution >= 0.6 is 0 Å². The first-order valence-electron chi connectivity index (χ1n) is 4.45. The topological polar surface area (TPSA) is 76.8 Å². The zero-order valence-corrected chi connectivity index (χ0v) is 7.54. The number of hydrogen-bond donors (Lipinski definition) is 2. The summed E-state index contributed by atoms with van der Waals surface area (Å²) in [5, 5.41) is 7.49. The largest absolute Gasteiger partial charge is 0.369 e. The molecule has 1 atom stereocenters. The van der Waals surface area contributed by atoms with Crippen LogP contribution in [0.1, 0.15) is 25.7 Å². The van der Waals surface area contributed by atoms with Crippen LogP contribution in [0.3, 0.4) is 0 Å². The van der Waals surface area contributed by atoms with E-state index in [1.54, 1.807) is 0 Å². The van der Waals surface area contributed by atoms with Gasteiger partial charge in [0.25, 0.3) is 0 Å². The maximum Gasteiger partial charge on any atom is 0.211 e. The van der Waals surface area contributed by atoms with Gasteiger partial charge in [-0.2, -0.15) is 5.10 Å². The van der Waals surface area contributed by atoms with Gasteiger partial charge >= 0.3 is 0 Å². The van der Waals surface area contributed by atoms with Crippen LogP contribution in [-0.4, -0.2) is 18.3 Å². The van der Waals surface area contributed by atoms with Gasteiger partial charge in [0.2, 0.25) is 5.96 Å². The quantitative estimate of drug-likeness (QED) is 0.388. The van der Waals surface area contributed by atoms with Gasteiger partial charge < -0.3 is 11.5 Å². The molecular weight excluding hydrogens is 171 g/mol. The molecule has 0 amide bonds. The van der Waals surface area contributed by atoms with Crippen LogP contribution in [0.2, 0.25) is 0 Å². The van der Waals surface area contributed by atoms with Crippen LogP contribution in [0.15, 0.2) is 10.2 Å². The fourth-order valence-corrected chi connectivity index (χ4v) is 1.60. The van der Waals surface area contributed by atoms with Crippen molar-refractivity contribution in [3.8, 4) is 0 Å². The summed E-state index contributed by atoms with van der Waals surface area (Å²) in [6.45, 7) is -0.300. The predicted octanol–water partition coefficient (Wildman–Crippen LogP) is 0.775. The highest BCUT2D eigenvalue weighted by atomic mass is 19.1. The predicted molar refractivity (Wildman–Crippen MR) is 51.2 cm³/mol. The lowest BCUT2D eigenvalue weighted by atomic mass is 10.0. The third-order valence-electron chi connectivity index (χ3n) is 2.21. The number of nitrogens with zero attached hydrogens (tertiary/aromatic N) is 2. The Morgan fingerprint density at radius 2 is 2.31 bits per heavy atom. The van der Waals surface area contributed by atoms with Crippen molar-refractivity contribution in [2.75, 3.05) is 6.67 Å². The molecule has 0 aromatic heterocycles. The molecule has 0 aromatic carbocycles. The molecule has 1 fully saturated rings. The van der Waals surface area contributed by atoms with E-state index in [1.165, 1.54) is 0 Å². The average Bonchev–Trinajstić information content (AvgIpc) is 2.49. The molecule has 1 aliphatic carbocycles. The van der Waals surface area contributed by atoms with Gasteiger partial charge in [0.05, 0.1) is 6.67 Å². The lowest BCUT2D eigenvalue weighted by molar-refractivity contribution is 0.433.